The van der Waals surface area contributed by atoms with Crippen molar-refractivity contribution in [2.24, 2.45) is 5.73 Å². The summed E-state index contributed by atoms with van der Waals surface area (Å²) in [5, 5.41) is 3.92. The molecule has 6 heteroatoms. The van der Waals surface area contributed by atoms with Crippen molar-refractivity contribution >= 4 is 15.9 Å². The third kappa shape index (κ3) is 2.61. The molecule has 20 heavy (non-hydrogen) atoms. The van der Waals surface area contributed by atoms with E-state index in [2.05, 4.69) is 31.1 Å². The van der Waals surface area contributed by atoms with E-state index in [0.717, 1.165) is 10.0 Å². The monoisotopic (exact) mass is 330 g/mol. The van der Waals surface area contributed by atoms with Crippen LogP contribution >= 0.6 is 15.9 Å². The summed E-state index contributed by atoms with van der Waals surface area (Å²) in [5.41, 5.74) is 7.67. The van der Waals surface area contributed by atoms with Gasteiger partial charge in [0.1, 0.15) is 11.7 Å². The van der Waals surface area contributed by atoms with Gasteiger partial charge in [-0.25, -0.2) is 0 Å². The van der Waals surface area contributed by atoms with Gasteiger partial charge in [-0.2, -0.15) is 4.98 Å². The first-order valence-corrected chi connectivity index (χ1v) is 6.79. The fourth-order valence-electron chi connectivity index (χ4n) is 1.78. The number of aromatic nitrogens is 3. The van der Waals surface area contributed by atoms with Crippen LogP contribution in [0.15, 0.2) is 57.7 Å². The van der Waals surface area contributed by atoms with E-state index in [4.69, 9.17) is 10.3 Å². The van der Waals surface area contributed by atoms with Crippen LogP contribution in [0.3, 0.4) is 0 Å². The Hall–Kier alpha value is -2.05. The maximum Gasteiger partial charge on any atom is 0.248 e. The molecule has 0 unspecified atom stereocenters. The van der Waals surface area contributed by atoms with Crippen molar-refractivity contribution in [3.8, 4) is 11.5 Å². The van der Waals surface area contributed by atoms with Crippen LogP contribution in [0, 0.1) is 0 Å². The summed E-state index contributed by atoms with van der Waals surface area (Å²) in [6, 6.07) is 12.9. The van der Waals surface area contributed by atoms with Gasteiger partial charge in [0.2, 0.25) is 11.7 Å². The van der Waals surface area contributed by atoms with Crippen LogP contribution in [0.2, 0.25) is 0 Å². The molecule has 0 bridgehead atoms. The Balaban J connectivity index is 1.89. The number of benzene rings is 1. The van der Waals surface area contributed by atoms with Gasteiger partial charge in [0.25, 0.3) is 0 Å². The highest BCUT2D eigenvalue weighted by Crippen LogP contribution is 2.21. The standard InChI is InChI=1S/C14H11BrN4O/c15-10-6-7-11(17-8-10)13-18-14(20-19-13)12(16)9-4-2-1-3-5-9/h1-8,12H,16H2/t12-/m1/s1. The predicted octanol–water partition coefficient (Wildman–Crippen LogP) is 2.94. The minimum Gasteiger partial charge on any atom is -0.337 e. The summed E-state index contributed by atoms with van der Waals surface area (Å²) in [6.45, 7) is 0. The van der Waals surface area contributed by atoms with Crippen molar-refractivity contribution in [1.29, 1.82) is 0 Å². The number of halogens is 1. The van der Waals surface area contributed by atoms with Crippen molar-refractivity contribution in [1.82, 2.24) is 15.1 Å². The average molecular weight is 331 g/mol. The van der Waals surface area contributed by atoms with Gasteiger partial charge in [-0.15, -0.1) is 0 Å². The molecule has 0 aliphatic rings. The second kappa shape index (κ2) is 5.52. The van der Waals surface area contributed by atoms with Crippen molar-refractivity contribution in [2.75, 3.05) is 0 Å². The van der Waals surface area contributed by atoms with Crippen molar-refractivity contribution in [2.45, 2.75) is 6.04 Å². The number of rotatable bonds is 3. The molecule has 2 heterocycles. The molecule has 3 aromatic rings. The molecule has 1 atom stereocenters. The van der Waals surface area contributed by atoms with Gasteiger partial charge in [-0.3, -0.25) is 4.98 Å². The van der Waals surface area contributed by atoms with E-state index in [1.54, 1.807) is 6.20 Å². The van der Waals surface area contributed by atoms with E-state index in [9.17, 15) is 0 Å². The number of nitrogens with zero attached hydrogens (tertiary/aromatic N) is 3. The molecule has 5 nitrogen and oxygen atoms in total. The van der Waals surface area contributed by atoms with Crippen molar-refractivity contribution < 1.29 is 4.52 Å². The molecule has 0 amide bonds. The fourth-order valence-corrected chi connectivity index (χ4v) is 2.01. The SMILES string of the molecule is N[C@H](c1ccccc1)c1nc(-c2ccc(Br)cn2)no1. The van der Waals surface area contributed by atoms with E-state index in [1.165, 1.54) is 0 Å². The van der Waals surface area contributed by atoms with Gasteiger partial charge in [0, 0.05) is 10.7 Å². The fraction of sp³-hybridized carbons (Fsp3) is 0.0714. The highest BCUT2D eigenvalue weighted by Gasteiger charge is 2.17. The lowest BCUT2D eigenvalue weighted by atomic mass is 10.1. The number of nitrogens with two attached hydrogens (primary N) is 1. The Kier molecular flexibility index (Phi) is 3.58. The quantitative estimate of drug-likeness (QED) is 0.798. The molecule has 0 aliphatic heterocycles. The lowest BCUT2D eigenvalue weighted by Gasteiger charge is -2.05. The van der Waals surface area contributed by atoms with E-state index in [-0.39, 0.29) is 0 Å². The van der Waals surface area contributed by atoms with Crippen molar-refractivity contribution in [3.63, 3.8) is 0 Å². The van der Waals surface area contributed by atoms with Gasteiger partial charge < -0.3 is 10.3 Å². The van der Waals surface area contributed by atoms with Gasteiger partial charge in [0.15, 0.2) is 0 Å². The van der Waals surface area contributed by atoms with E-state index in [1.807, 2.05) is 42.5 Å². The van der Waals surface area contributed by atoms with Crippen LogP contribution in [-0.2, 0) is 0 Å². The molecule has 0 spiro atoms. The first-order chi connectivity index (χ1) is 9.74. The topological polar surface area (TPSA) is 77.8 Å². The van der Waals surface area contributed by atoms with Crippen LogP contribution in [0.1, 0.15) is 17.5 Å². The zero-order valence-electron chi connectivity index (χ0n) is 10.4. The second-order valence-electron chi connectivity index (χ2n) is 4.21. The first kappa shape index (κ1) is 13.0. The maximum absolute atomic E-state index is 6.11. The van der Waals surface area contributed by atoms with Gasteiger partial charge >= 0.3 is 0 Å². The summed E-state index contributed by atoms with van der Waals surface area (Å²) >= 11 is 3.33. The molecule has 100 valence electrons. The first-order valence-electron chi connectivity index (χ1n) is 6.00. The molecular formula is C14H11BrN4O. The van der Waals surface area contributed by atoms with Crippen LogP contribution in [-0.4, -0.2) is 15.1 Å². The van der Waals surface area contributed by atoms with E-state index in [0.29, 0.717) is 17.4 Å². The molecule has 2 N–H and O–H groups in total. The zero-order chi connectivity index (χ0) is 13.9. The molecule has 1 aromatic carbocycles. The maximum atomic E-state index is 6.11. The molecule has 0 saturated carbocycles. The Morgan fingerprint density at radius 2 is 1.90 bits per heavy atom. The number of hydrogen-bond acceptors (Lipinski definition) is 5. The van der Waals surface area contributed by atoms with Crippen LogP contribution in [0.4, 0.5) is 0 Å². The molecule has 3 rings (SSSR count). The minimum absolute atomic E-state index is 0.371. The number of pyridine rings is 1. The number of hydrogen-bond donors (Lipinski definition) is 1. The van der Waals surface area contributed by atoms with Crippen LogP contribution < -0.4 is 5.73 Å². The summed E-state index contributed by atoms with van der Waals surface area (Å²) in [6.07, 6.45) is 1.68. The highest BCUT2D eigenvalue weighted by molar-refractivity contribution is 9.10. The Morgan fingerprint density at radius 3 is 2.60 bits per heavy atom. The third-order valence-electron chi connectivity index (χ3n) is 2.82. The van der Waals surface area contributed by atoms with E-state index < -0.39 is 6.04 Å². The molecule has 0 radical (unpaired) electrons. The lowest BCUT2D eigenvalue weighted by Crippen LogP contribution is -2.11. The third-order valence-corrected chi connectivity index (χ3v) is 3.29. The molecule has 2 aromatic heterocycles. The van der Waals surface area contributed by atoms with Gasteiger partial charge in [0.05, 0.1) is 0 Å². The smallest absolute Gasteiger partial charge is 0.248 e. The van der Waals surface area contributed by atoms with Gasteiger partial charge in [-0.1, -0.05) is 35.5 Å². The Bertz CT molecular complexity index is 697. The van der Waals surface area contributed by atoms with Crippen molar-refractivity contribution in [3.05, 3.63) is 64.6 Å². The molecule has 0 saturated heterocycles. The summed E-state index contributed by atoms with van der Waals surface area (Å²) < 4.78 is 6.12. The van der Waals surface area contributed by atoms with Crippen LogP contribution in [0.5, 0.6) is 0 Å². The summed E-state index contributed by atoms with van der Waals surface area (Å²) in [5.74, 6) is 0.801. The lowest BCUT2D eigenvalue weighted by molar-refractivity contribution is 0.367. The minimum atomic E-state index is -0.437. The Morgan fingerprint density at radius 1 is 1.10 bits per heavy atom. The Labute approximate surface area is 124 Å². The summed E-state index contributed by atoms with van der Waals surface area (Å²) in [7, 11) is 0. The second-order valence-corrected chi connectivity index (χ2v) is 5.12. The largest absolute Gasteiger partial charge is 0.337 e. The predicted molar refractivity (Wildman–Crippen MR) is 77.7 cm³/mol. The van der Waals surface area contributed by atoms with Gasteiger partial charge in [-0.05, 0) is 33.6 Å². The highest BCUT2D eigenvalue weighted by atomic mass is 79.9. The van der Waals surface area contributed by atoms with E-state index >= 15 is 0 Å². The summed E-state index contributed by atoms with van der Waals surface area (Å²) in [4.78, 5) is 8.53. The average Bonchev–Trinajstić information content (AvgIpc) is 2.98. The molecular weight excluding hydrogens is 320 g/mol. The van der Waals surface area contributed by atoms with Crippen LogP contribution in [0.25, 0.3) is 11.5 Å². The zero-order valence-corrected chi connectivity index (χ0v) is 12.0. The molecule has 0 fully saturated rings. The normalized spacial score (nSPS) is 12.3. The molecule has 0 aliphatic carbocycles.